The first-order chi connectivity index (χ1) is 11.7. The number of nitriles is 1. The van der Waals surface area contributed by atoms with Crippen molar-refractivity contribution < 1.29 is 9.53 Å². The number of amides is 1. The standard InChI is InChI=1S/C19H15N3O2/c1-24-16-8-6-15(7-9-16)22-19(23)13(11-20)10-14-12-21-18-5-3-2-4-17(14)18/h2-10,12,21H,1H3,(H,22,23)/b13-10-. The molecule has 0 aliphatic carbocycles. The van der Waals surface area contributed by atoms with E-state index < -0.39 is 5.91 Å². The highest BCUT2D eigenvalue weighted by Crippen LogP contribution is 2.21. The zero-order valence-electron chi connectivity index (χ0n) is 13.0. The van der Waals surface area contributed by atoms with Crippen LogP contribution in [-0.2, 0) is 4.79 Å². The molecule has 0 saturated heterocycles. The second-order valence-corrected chi connectivity index (χ2v) is 5.14. The number of hydrogen-bond acceptors (Lipinski definition) is 3. The lowest BCUT2D eigenvalue weighted by Crippen LogP contribution is -2.13. The third-order valence-corrected chi connectivity index (χ3v) is 3.63. The van der Waals surface area contributed by atoms with Gasteiger partial charge in [-0.05, 0) is 36.4 Å². The molecular weight excluding hydrogens is 302 g/mol. The third kappa shape index (κ3) is 3.13. The van der Waals surface area contributed by atoms with E-state index in [1.807, 2.05) is 30.3 Å². The van der Waals surface area contributed by atoms with Crippen molar-refractivity contribution in [1.29, 1.82) is 5.26 Å². The van der Waals surface area contributed by atoms with E-state index in [0.29, 0.717) is 11.4 Å². The fourth-order valence-electron chi connectivity index (χ4n) is 2.39. The molecule has 0 radical (unpaired) electrons. The monoisotopic (exact) mass is 317 g/mol. The lowest BCUT2D eigenvalue weighted by Gasteiger charge is -2.05. The first kappa shape index (κ1) is 15.4. The van der Waals surface area contributed by atoms with Gasteiger partial charge in [-0.2, -0.15) is 5.26 Å². The van der Waals surface area contributed by atoms with Crippen molar-refractivity contribution in [3.63, 3.8) is 0 Å². The molecule has 2 N–H and O–H groups in total. The minimum absolute atomic E-state index is 0.0376. The minimum Gasteiger partial charge on any atom is -0.497 e. The van der Waals surface area contributed by atoms with Gasteiger partial charge in [0.25, 0.3) is 5.91 Å². The van der Waals surface area contributed by atoms with Crippen LogP contribution < -0.4 is 10.1 Å². The van der Waals surface area contributed by atoms with E-state index >= 15 is 0 Å². The van der Waals surface area contributed by atoms with Gasteiger partial charge in [0.2, 0.25) is 0 Å². The van der Waals surface area contributed by atoms with Crippen LogP contribution >= 0.6 is 0 Å². The van der Waals surface area contributed by atoms with Crippen LogP contribution in [-0.4, -0.2) is 18.0 Å². The van der Waals surface area contributed by atoms with Crippen LogP contribution in [0.15, 0.2) is 60.3 Å². The predicted octanol–water partition coefficient (Wildman–Crippen LogP) is 3.72. The van der Waals surface area contributed by atoms with E-state index in [1.165, 1.54) is 0 Å². The Kier molecular flexibility index (Phi) is 4.30. The summed E-state index contributed by atoms with van der Waals surface area (Å²) in [5, 5.41) is 13.0. The maximum atomic E-state index is 12.3. The topological polar surface area (TPSA) is 77.9 Å². The predicted molar refractivity (Wildman–Crippen MR) is 93.5 cm³/mol. The molecule has 5 heteroatoms. The summed E-state index contributed by atoms with van der Waals surface area (Å²) in [7, 11) is 1.57. The summed E-state index contributed by atoms with van der Waals surface area (Å²) in [4.78, 5) is 15.4. The van der Waals surface area contributed by atoms with E-state index in [0.717, 1.165) is 16.5 Å². The number of aromatic amines is 1. The highest BCUT2D eigenvalue weighted by molar-refractivity contribution is 6.10. The number of aromatic nitrogens is 1. The van der Waals surface area contributed by atoms with Crippen molar-refractivity contribution in [2.24, 2.45) is 0 Å². The number of methoxy groups -OCH3 is 1. The number of fused-ring (bicyclic) bond motifs is 1. The van der Waals surface area contributed by atoms with Crippen LogP contribution in [0.25, 0.3) is 17.0 Å². The number of hydrogen-bond donors (Lipinski definition) is 2. The Labute approximate surface area is 139 Å². The molecule has 0 saturated carbocycles. The molecule has 0 aliphatic rings. The van der Waals surface area contributed by atoms with E-state index in [4.69, 9.17) is 4.74 Å². The highest BCUT2D eigenvalue weighted by atomic mass is 16.5. The molecule has 3 rings (SSSR count). The minimum atomic E-state index is -0.451. The van der Waals surface area contributed by atoms with E-state index in [9.17, 15) is 10.1 Å². The first-order valence-corrected chi connectivity index (χ1v) is 7.34. The Hall–Kier alpha value is -3.52. The molecule has 0 unspecified atom stereocenters. The maximum absolute atomic E-state index is 12.3. The van der Waals surface area contributed by atoms with Crippen LogP contribution in [0.4, 0.5) is 5.69 Å². The Morgan fingerprint density at radius 3 is 2.67 bits per heavy atom. The largest absolute Gasteiger partial charge is 0.497 e. The normalized spacial score (nSPS) is 11.1. The summed E-state index contributed by atoms with van der Waals surface area (Å²) in [6.07, 6.45) is 3.36. The summed E-state index contributed by atoms with van der Waals surface area (Å²) in [5.74, 6) is 0.246. The van der Waals surface area contributed by atoms with Crippen molar-refractivity contribution in [2.45, 2.75) is 0 Å². The summed E-state index contributed by atoms with van der Waals surface area (Å²) >= 11 is 0. The van der Waals surface area contributed by atoms with Gasteiger partial charge in [-0.1, -0.05) is 18.2 Å². The summed E-state index contributed by atoms with van der Waals surface area (Å²) in [5.41, 5.74) is 2.39. The van der Waals surface area contributed by atoms with Crippen LogP contribution in [0.5, 0.6) is 5.75 Å². The van der Waals surface area contributed by atoms with Gasteiger partial charge >= 0.3 is 0 Å². The summed E-state index contributed by atoms with van der Waals surface area (Å²) < 4.78 is 5.07. The lowest BCUT2D eigenvalue weighted by atomic mass is 10.1. The van der Waals surface area contributed by atoms with E-state index in [-0.39, 0.29) is 5.57 Å². The molecule has 1 heterocycles. The van der Waals surface area contributed by atoms with Crippen molar-refractivity contribution in [3.8, 4) is 11.8 Å². The molecule has 0 bridgehead atoms. The Balaban J connectivity index is 1.84. The molecule has 1 aromatic heterocycles. The number of nitrogens with zero attached hydrogens (tertiary/aromatic N) is 1. The third-order valence-electron chi connectivity index (χ3n) is 3.63. The fourth-order valence-corrected chi connectivity index (χ4v) is 2.39. The number of carbonyl (C=O) groups excluding carboxylic acids is 1. The van der Waals surface area contributed by atoms with Crippen LogP contribution in [0.3, 0.4) is 0 Å². The zero-order valence-corrected chi connectivity index (χ0v) is 13.0. The fraction of sp³-hybridized carbons (Fsp3) is 0.0526. The molecule has 24 heavy (non-hydrogen) atoms. The molecule has 0 spiro atoms. The number of H-pyrrole nitrogens is 1. The molecule has 0 fully saturated rings. The molecular formula is C19H15N3O2. The Bertz CT molecular complexity index is 947. The number of nitrogens with one attached hydrogen (secondary N) is 2. The van der Waals surface area contributed by atoms with Gasteiger partial charge in [-0.3, -0.25) is 4.79 Å². The van der Waals surface area contributed by atoms with Gasteiger partial charge in [0, 0.05) is 28.4 Å². The van der Waals surface area contributed by atoms with E-state index in [1.54, 1.807) is 43.6 Å². The highest BCUT2D eigenvalue weighted by Gasteiger charge is 2.11. The molecule has 0 atom stereocenters. The molecule has 1 amide bonds. The van der Waals surface area contributed by atoms with Crippen molar-refractivity contribution >= 4 is 28.6 Å². The Morgan fingerprint density at radius 2 is 1.96 bits per heavy atom. The molecule has 5 nitrogen and oxygen atoms in total. The number of rotatable bonds is 4. The molecule has 2 aromatic carbocycles. The van der Waals surface area contributed by atoms with Gasteiger partial charge in [-0.25, -0.2) is 0 Å². The molecule has 118 valence electrons. The Morgan fingerprint density at radius 1 is 1.21 bits per heavy atom. The number of para-hydroxylation sites is 1. The van der Waals surface area contributed by atoms with Gasteiger partial charge in [0.1, 0.15) is 17.4 Å². The second-order valence-electron chi connectivity index (χ2n) is 5.14. The van der Waals surface area contributed by atoms with Crippen LogP contribution in [0, 0.1) is 11.3 Å². The van der Waals surface area contributed by atoms with Crippen LogP contribution in [0.1, 0.15) is 5.56 Å². The molecule has 0 aliphatic heterocycles. The SMILES string of the molecule is COc1ccc(NC(=O)/C(C#N)=C\c2c[nH]c3ccccc23)cc1. The first-order valence-electron chi connectivity index (χ1n) is 7.34. The summed E-state index contributed by atoms with van der Waals surface area (Å²) in [6, 6.07) is 16.6. The maximum Gasteiger partial charge on any atom is 0.266 e. The van der Waals surface area contributed by atoms with Crippen LogP contribution in [0.2, 0.25) is 0 Å². The van der Waals surface area contributed by atoms with Crippen molar-refractivity contribution in [2.75, 3.05) is 12.4 Å². The van der Waals surface area contributed by atoms with Gasteiger partial charge < -0.3 is 15.0 Å². The van der Waals surface area contributed by atoms with Gasteiger partial charge in [0.05, 0.1) is 7.11 Å². The number of carbonyl (C=O) groups is 1. The second kappa shape index (κ2) is 6.71. The quantitative estimate of drug-likeness (QED) is 0.568. The van der Waals surface area contributed by atoms with Crippen molar-refractivity contribution in [1.82, 2.24) is 4.98 Å². The van der Waals surface area contributed by atoms with Crippen molar-refractivity contribution in [3.05, 3.63) is 65.9 Å². The average molecular weight is 317 g/mol. The number of anilines is 1. The van der Waals surface area contributed by atoms with Gasteiger partial charge in [0.15, 0.2) is 0 Å². The molecule has 3 aromatic rings. The smallest absolute Gasteiger partial charge is 0.266 e. The van der Waals surface area contributed by atoms with Gasteiger partial charge in [-0.15, -0.1) is 0 Å². The number of benzene rings is 2. The zero-order chi connectivity index (χ0) is 16.9. The average Bonchev–Trinajstić information content (AvgIpc) is 3.03. The summed E-state index contributed by atoms with van der Waals surface area (Å²) in [6.45, 7) is 0. The number of ether oxygens (including phenoxy) is 1. The van der Waals surface area contributed by atoms with E-state index in [2.05, 4.69) is 10.3 Å². The lowest BCUT2D eigenvalue weighted by molar-refractivity contribution is -0.112.